The van der Waals surface area contributed by atoms with Gasteiger partial charge in [0, 0.05) is 31.1 Å². The highest BCUT2D eigenvalue weighted by atomic mass is 19.4. The van der Waals surface area contributed by atoms with Crippen molar-refractivity contribution < 1.29 is 31.1 Å². The summed E-state index contributed by atoms with van der Waals surface area (Å²) in [6.07, 6.45) is -6.54. The molecule has 0 saturated carbocycles. The van der Waals surface area contributed by atoms with Crippen molar-refractivity contribution >= 4 is 17.6 Å². The number of amides is 1. The van der Waals surface area contributed by atoms with Crippen LogP contribution in [-0.4, -0.2) is 23.8 Å². The van der Waals surface area contributed by atoms with Gasteiger partial charge in [0.15, 0.2) is 5.84 Å². The lowest BCUT2D eigenvalue weighted by atomic mass is 10.0. The third-order valence-corrected chi connectivity index (χ3v) is 3.65. The van der Waals surface area contributed by atoms with E-state index in [1.54, 1.807) is 18.2 Å². The number of anilines is 1. The molecule has 1 heterocycles. The van der Waals surface area contributed by atoms with Gasteiger partial charge in [-0.05, 0) is 30.3 Å². The minimum Gasteiger partial charge on any atom is -0.382 e. The number of halogens is 6. The number of hydrazone groups is 1. The molecule has 0 aliphatic carbocycles. The first-order valence-electron chi connectivity index (χ1n) is 8.38. The third-order valence-electron chi connectivity index (χ3n) is 3.65. The number of hydrogen-bond acceptors (Lipinski definition) is 5. The first-order chi connectivity index (χ1) is 14.4. The van der Waals surface area contributed by atoms with Crippen LogP contribution in [0.25, 0.3) is 0 Å². The Bertz CT molecular complexity index is 939. The summed E-state index contributed by atoms with van der Waals surface area (Å²) in [4.78, 5) is 15.8. The Balaban J connectivity index is 2.08. The normalized spacial score (nSPS) is 12.7. The standard InChI is InChI=1S/C18H16F6N6O/c1-30(14-4-2-3-6-26-14)29-15(31)5-7-27-28-16(25)11-8-12(17(19,20)21)10-13(9-11)18(22,23)24/h2-10,27H,1H3,(H2,25,28)(H,29,31)/b7-5-. The maximum Gasteiger partial charge on any atom is 0.416 e. The molecule has 1 amide bonds. The molecule has 0 spiro atoms. The number of nitrogens with one attached hydrogen (secondary N) is 2. The van der Waals surface area contributed by atoms with Gasteiger partial charge in [0.05, 0.1) is 11.1 Å². The Hall–Kier alpha value is -3.77. The Morgan fingerprint density at radius 3 is 2.23 bits per heavy atom. The van der Waals surface area contributed by atoms with Gasteiger partial charge in [-0.3, -0.25) is 20.7 Å². The molecule has 0 bridgehead atoms. The molecule has 0 saturated heterocycles. The quantitative estimate of drug-likeness (QED) is 0.209. The highest BCUT2D eigenvalue weighted by Gasteiger charge is 2.37. The highest BCUT2D eigenvalue weighted by Crippen LogP contribution is 2.36. The molecule has 0 fully saturated rings. The number of rotatable bonds is 6. The molecule has 166 valence electrons. The highest BCUT2D eigenvalue weighted by molar-refractivity contribution is 5.97. The molecule has 0 unspecified atom stereocenters. The monoisotopic (exact) mass is 446 g/mol. The van der Waals surface area contributed by atoms with E-state index in [0.29, 0.717) is 18.0 Å². The number of nitrogens with zero attached hydrogens (tertiary/aromatic N) is 3. The number of benzene rings is 1. The Morgan fingerprint density at radius 2 is 1.71 bits per heavy atom. The fraction of sp³-hybridized carbons (Fsp3) is 0.167. The molecule has 0 atom stereocenters. The number of pyridine rings is 1. The Morgan fingerprint density at radius 1 is 1.10 bits per heavy atom. The lowest BCUT2D eigenvalue weighted by Gasteiger charge is -2.17. The van der Waals surface area contributed by atoms with E-state index in [2.05, 4.69) is 20.9 Å². The van der Waals surface area contributed by atoms with Crippen LogP contribution < -0.4 is 21.6 Å². The van der Waals surface area contributed by atoms with Crippen molar-refractivity contribution in [2.24, 2.45) is 10.8 Å². The second-order valence-corrected chi connectivity index (χ2v) is 5.98. The molecule has 1 aromatic heterocycles. The molecule has 0 radical (unpaired) electrons. The van der Waals surface area contributed by atoms with Gasteiger partial charge in [0.25, 0.3) is 5.91 Å². The predicted molar refractivity (Wildman–Crippen MR) is 100 cm³/mol. The number of carbonyl (C=O) groups is 1. The molecule has 2 rings (SSSR count). The zero-order valence-corrected chi connectivity index (χ0v) is 15.8. The minimum atomic E-state index is -5.01. The van der Waals surface area contributed by atoms with Crippen LogP contribution in [0.5, 0.6) is 0 Å². The number of alkyl halides is 6. The van der Waals surface area contributed by atoms with Crippen molar-refractivity contribution in [2.75, 3.05) is 12.1 Å². The number of nitrogens with two attached hydrogens (primary N) is 1. The molecular formula is C18H16F6N6O. The van der Waals surface area contributed by atoms with Crippen LogP contribution >= 0.6 is 0 Å². The molecular weight excluding hydrogens is 430 g/mol. The first kappa shape index (κ1) is 23.5. The summed E-state index contributed by atoms with van der Waals surface area (Å²) in [5.74, 6) is -0.815. The Kier molecular flexibility index (Phi) is 7.10. The van der Waals surface area contributed by atoms with E-state index >= 15 is 0 Å². The fourth-order valence-electron chi connectivity index (χ4n) is 2.20. The summed E-state index contributed by atoms with van der Waals surface area (Å²) in [5, 5.41) is 4.79. The second-order valence-electron chi connectivity index (χ2n) is 5.98. The first-order valence-corrected chi connectivity index (χ1v) is 8.38. The predicted octanol–water partition coefficient (Wildman–Crippen LogP) is 3.01. The van der Waals surface area contributed by atoms with Crippen LogP contribution in [0.4, 0.5) is 32.2 Å². The van der Waals surface area contributed by atoms with Crippen LogP contribution in [0.15, 0.2) is 60.0 Å². The largest absolute Gasteiger partial charge is 0.416 e. The summed E-state index contributed by atoms with van der Waals surface area (Å²) in [6, 6.07) is 5.89. The number of amidine groups is 1. The van der Waals surface area contributed by atoms with E-state index in [0.717, 1.165) is 12.3 Å². The summed E-state index contributed by atoms with van der Waals surface area (Å²) in [7, 11) is 1.53. The number of aromatic nitrogens is 1. The topological polar surface area (TPSA) is 95.6 Å². The molecule has 0 aliphatic heterocycles. The lowest BCUT2D eigenvalue weighted by Crippen LogP contribution is -2.38. The molecule has 1 aromatic carbocycles. The van der Waals surface area contributed by atoms with Gasteiger partial charge >= 0.3 is 12.4 Å². The van der Waals surface area contributed by atoms with Gasteiger partial charge in [-0.25, -0.2) is 4.98 Å². The van der Waals surface area contributed by atoms with E-state index in [9.17, 15) is 31.1 Å². The average Bonchev–Trinajstić information content (AvgIpc) is 2.70. The minimum absolute atomic E-state index is 0.0213. The summed E-state index contributed by atoms with van der Waals surface area (Å²) >= 11 is 0. The second kappa shape index (κ2) is 9.36. The van der Waals surface area contributed by atoms with Gasteiger partial charge in [-0.15, -0.1) is 0 Å². The van der Waals surface area contributed by atoms with Crippen LogP contribution in [0.1, 0.15) is 16.7 Å². The van der Waals surface area contributed by atoms with Crippen LogP contribution in [0.3, 0.4) is 0 Å². The number of hydrazine groups is 1. The van der Waals surface area contributed by atoms with Crippen molar-refractivity contribution in [2.45, 2.75) is 12.4 Å². The van der Waals surface area contributed by atoms with E-state index in [1.165, 1.54) is 18.3 Å². The maximum atomic E-state index is 12.9. The van der Waals surface area contributed by atoms with Gasteiger partial charge in [0.2, 0.25) is 0 Å². The van der Waals surface area contributed by atoms with E-state index in [4.69, 9.17) is 5.73 Å². The molecule has 2 aromatic rings. The Labute approximate surface area is 172 Å². The van der Waals surface area contributed by atoms with Crippen molar-refractivity contribution in [3.8, 4) is 0 Å². The molecule has 7 nitrogen and oxygen atoms in total. The zero-order valence-electron chi connectivity index (χ0n) is 15.8. The lowest BCUT2D eigenvalue weighted by molar-refractivity contribution is -0.143. The van der Waals surface area contributed by atoms with Crippen LogP contribution in [0, 0.1) is 0 Å². The molecule has 31 heavy (non-hydrogen) atoms. The number of hydrogen-bond donors (Lipinski definition) is 3. The molecule has 0 aliphatic rings. The van der Waals surface area contributed by atoms with E-state index in [-0.39, 0.29) is 6.07 Å². The van der Waals surface area contributed by atoms with Crippen molar-refractivity contribution in [1.29, 1.82) is 0 Å². The molecule has 13 heteroatoms. The van der Waals surface area contributed by atoms with Crippen molar-refractivity contribution in [1.82, 2.24) is 15.8 Å². The summed E-state index contributed by atoms with van der Waals surface area (Å²) in [5.41, 5.74) is 6.46. The zero-order chi connectivity index (χ0) is 23.2. The van der Waals surface area contributed by atoms with Crippen LogP contribution in [0.2, 0.25) is 0 Å². The maximum absolute atomic E-state index is 12.9. The smallest absolute Gasteiger partial charge is 0.382 e. The van der Waals surface area contributed by atoms with Crippen LogP contribution in [-0.2, 0) is 17.1 Å². The number of carbonyl (C=O) groups excluding carboxylic acids is 1. The SMILES string of the molecule is CN(NC(=O)/C=C\N/N=C(\N)c1cc(C(F)(F)F)cc(C(F)(F)F)c1)c1ccccn1. The van der Waals surface area contributed by atoms with Gasteiger partial charge in [-0.2, -0.15) is 31.4 Å². The van der Waals surface area contributed by atoms with Gasteiger partial charge in [0.1, 0.15) is 5.82 Å². The van der Waals surface area contributed by atoms with E-state index < -0.39 is 40.8 Å². The third kappa shape index (κ3) is 6.90. The van der Waals surface area contributed by atoms with Crippen molar-refractivity contribution in [3.63, 3.8) is 0 Å². The summed E-state index contributed by atoms with van der Waals surface area (Å²) < 4.78 is 77.4. The van der Waals surface area contributed by atoms with Gasteiger partial charge < -0.3 is 5.73 Å². The van der Waals surface area contributed by atoms with Gasteiger partial charge in [-0.1, -0.05) is 6.07 Å². The average molecular weight is 446 g/mol. The summed E-state index contributed by atoms with van der Waals surface area (Å²) in [6.45, 7) is 0. The molecule has 4 N–H and O–H groups in total. The fourth-order valence-corrected chi connectivity index (χ4v) is 2.20. The van der Waals surface area contributed by atoms with E-state index in [1.807, 2.05) is 0 Å². The van der Waals surface area contributed by atoms with Crippen molar-refractivity contribution in [3.05, 3.63) is 71.6 Å².